The molecule has 0 unspecified atom stereocenters. The second-order valence-electron chi connectivity index (χ2n) is 8.87. The van der Waals surface area contributed by atoms with E-state index in [9.17, 15) is 13.2 Å². The van der Waals surface area contributed by atoms with Crippen LogP contribution >= 0.6 is 12.4 Å². The number of nitrogens with two attached hydrogens (primary N) is 1. The van der Waals surface area contributed by atoms with Gasteiger partial charge in [-0.3, -0.25) is 10.0 Å². The topological polar surface area (TPSA) is 122 Å². The summed E-state index contributed by atoms with van der Waals surface area (Å²) < 4.78 is 31.1. The standard InChI is InChI=1S/C24H33N3O5S.ClH/c1-17-15-19(7-8-22(17)20-5-4-6-21(16-20)32-14-11-25)18-9-12-27(13-10-18)33(30,31)24(2,3)23(28)26-29;/h4-8,15-16,18,29H,9-14,25H2,1-3H3,(H,26,28);1H. The first-order valence-corrected chi connectivity index (χ1v) is 12.5. The zero-order chi connectivity index (χ0) is 24.2. The Hall–Kier alpha value is -2.17. The number of amides is 1. The molecule has 34 heavy (non-hydrogen) atoms. The normalized spacial score (nSPS) is 15.4. The van der Waals surface area contributed by atoms with Gasteiger partial charge in [-0.15, -0.1) is 12.4 Å². The number of benzene rings is 2. The third kappa shape index (κ3) is 5.72. The summed E-state index contributed by atoms with van der Waals surface area (Å²) in [5.74, 6) is 0.0827. The number of hydrogen-bond acceptors (Lipinski definition) is 6. The van der Waals surface area contributed by atoms with Crippen LogP contribution in [0, 0.1) is 6.92 Å². The lowest BCUT2D eigenvalue weighted by Crippen LogP contribution is -2.54. The van der Waals surface area contributed by atoms with Gasteiger partial charge in [0.05, 0.1) is 0 Å². The summed E-state index contributed by atoms with van der Waals surface area (Å²) >= 11 is 0. The van der Waals surface area contributed by atoms with Crippen molar-refractivity contribution >= 4 is 28.3 Å². The number of aryl methyl sites for hydroxylation is 1. The molecular weight excluding hydrogens is 478 g/mol. The highest BCUT2D eigenvalue weighted by Crippen LogP contribution is 2.35. The predicted molar refractivity (Wildman–Crippen MR) is 135 cm³/mol. The van der Waals surface area contributed by atoms with Crippen molar-refractivity contribution in [2.45, 2.75) is 44.3 Å². The Morgan fingerprint density at radius 1 is 1.21 bits per heavy atom. The van der Waals surface area contributed by atoms with Crippen LogP contribution in [0.4, 0.5) is 0 Å². The molecule has 1 aliphatic heterocycles. The number of carbonyl (C=O) groups is 1. The maximum atomic E-state index is 12.9. The van der Waals surface area contributed by atoms with Gasteiger partial charge in [0.15, 0.2) is 4.75 Å². The van der Waals surface area contributed by atoms with E-state index >= 15 is 0 Å². The molecule has 2 aromatic rings. The first kappa shape index (κ1) is 28.1. The monoisotopic (exact) mass is 511 g/mol. The molecule has 0 aliphatic carbocycles. The van der Waals surface area contributed by atoms with Gasteiger partial charge in [0.25, 0.3) is 5.91 Å². The van der Waals surface area contributed by atoms with E-state index in [1.807, 2.05) is 24.3 Å². The Bertz CT molecular complexity index is 1100. The molecule has 2 aromatic carbocycles. The minimum Gasteiger partial charge on any atom is -0.492 e. The highest BCUT2D eigenvalue weighted by atomic mass is 35.5. The van der Waals surface area contributed by atoms with Crippen molar-refractivity contribution < 1.29 is 23.2 Å². The van der Waals surface area contributed by atoms with E-state index < -0.39 is 20.7 Å². The van der Waals surface area contributed by atoms with Gasteiger partial charge in [-0.05, 0) is 73.9 Å². The maximum absolute atomic E-state index is 12.9. The molecule has 8 nitrogen and oxygen atoms in total. The molecule has 0 atom stereocenters. The number of halogens is 1. The van der Waals surface area contributed by atoms with Gasteiger partial charge >= 0.3 is 0 Å². The molecule has 188 valence electrons. The number of rotatable bonds is 8. The average Bonchev–Trinajstić information content (AvgIpc) is 2.82. The summed E-state index contributed by atoms with van der Waals surface area (Å²) in [5, 5.41) is 8.91. The number of piperidine rings is 1. The van der Waals surface area contributed by atoms with E-state index in [4.69, 9.17) is 15.7 Å². The quantitative estimate of drug-likeness (QED) is 0.369. The van der Waals surface area contributed by atoms with E-state index in [-0.39, 0.29) is 18.3 Å². The van der Waals surface area contributed by atoms with Crippen molar-refractivity contribution in [1.82, 2.24) is 9.79 Å². The van der Waals surface area contributed by atoms with Crippen molar-refractivity contribution in [3.63, 3.8) is 0 Å². The second-order valence-corrected chi connectivity index (χ2v) is 11.4. The predicted octanol–water partition coefficient (Wildman–Crippen LogP) is 3.21. The van der Waals surface area contributed by atoms with Crippen LogP contribution in [0.2, 0.25) is 0 Å². The molecule has 0 bridgehead atoms. The maximum Gasteiger partial charge on any atom is 0.265 e. The summed E-state index contributed by atoms with van der Waals surface area (Å²) in [6.45, 7) is 6.27. The van der Waals surface area contributed by atoms with Crippen LogP contribution < -0.4 is 16.0 Å². The number of hydroxylamine groups is 1. The van der Waals surface area contributed by atoms with Crippen molar-refractivity contribution in [3.8, 4) is 16.9 Å². The fourth-order valence-electron chi connectivity index (χ4n) is 4.20. The van der Waals surface area contributed by atoms with Crippen LogP contribution in [0.3, 0.4) is 0 Å². The van der Waals surface area contributed by atoms with Crippen molar-refractivity contribution in [2.75, 3.05) is 26.2 Å². The molecule has 1 aliphatic rings. The minimum absolute atomic E-state index is 0. The molecule has 10 heteroatoms. The third-order valence-corrected chi connectivity index (χ3v) is 8.86. The van der Waals surface area contributed by atoms with Crippen molar-refractivity contribution in [3.05, 3.63) is 53.6 Å². The minimum atomic E-state index is -3.90. The number of sulfonamides is 1. The molecule has 4 N–H and O–H groups in total. The van der Waals surface area contributed by atoms with Gasteiger partial charge in [-0.2, -0.15) is 0 Å². The van der Waals surface area contributed by atoms with Gasteiger partial charge in [0.1, 0.15) is 12.4 Å². The van der Waals surface area contributed by atoms with Crippen molar-refractivity contribution in [2.24, 2.45) is 5.73 Å². The lowest BCUT2D eigenvalue weighted by Gasteiger charge is -2.36. The number of nitrogens with one attached hydrogen (secondary N) is 1. The zero-order valence-corrected chi connectivity index (χ0v) is 21.4. The van der Waals surface area contributed by atoms with Crippen LogP contribution in [-0.4, -0.2) is 54.8 Å². The van der Waals surface area contributed by atoms with Crippen LogP contribution in [0.25, 0.3) is 11.1 Å². The Kier molecular flexibility index (Phi) is 9.50. The molecule has 0 saturated carbocycles. The van der Waals surface area contributed by atoms with Gasteiger partial charge in [-0.1, -0.05) is 30.3 Å². The Balaban J connectivity index is 0.00000408. The Labute approximate surface area is 207 Å². The number of nitrogens with zero attached hydrogens (tertiary/aromatic N) is 1. The highest BCUT2D eigenvalue weighted by Gasteiger charge is 2.46. The fraction of sp³-hybridized carbons (Fsp3) is 0.458. The molecule has 1 fully saturated rings. The summed E-state index contributed by atoms with van der Waals surface area (Å²) in [7, 11) is -3.90. The van der Waals surface area contributed by atoms with Crippen LogP contribution in [-0.2, 0) is 14.8 Å². The first-order chi connectivity index (χ1) is 15.6. The van der Waals surface area contributed by atoms with Crippen LogP contribution in [0.5, 0.6) is 5.75 Å². The molecule has 1 saturated heterocycles. The van der Waals surface area contributed by atoms with E-state index in [1.54, 1.807) is 0 Å². The Morgan fingerprint density at radius 3 is 2.47 bits per heavy atom. The summed E-state index contributed by atoms with van der Waals surface area (Å²) in [6.07, 6.45) is 1.33. The molecule has 0 spiro atoms. The Morgan fingerprint density at radius 2 is 1.88 bits per heavy atom. The second kappa shape index (κ2) is 11.5. The zero-order valence-electron chi connectivity index (χ0n) is 19.8. The van der Waals surface area contributed by atoms with Gasteiger partial charge in [0.2, 0.25) is 10.0 Å². The van der Waals surface area contributed by atoms with Gasteiger partial charge in [-0.25, -0.2) is 18.2 Å². The molecule has 0 radical (unpaired) electrons. The lowest BCUT2D eigenvalue weighted by atomic mass is 9.87. The molecule has 0 aromatic heterocycles. The average molecular weight is 512 g/mol. The molecule has 1 heterocycles. The SMILES string of the molecule is Cc1cc(C2CCN(S(=O)(=O)C(C)(C)C(=O)NO)CC2)ccc1-c1cccc(OCCN)c1.Cl. The van der Waals surface area contributed by atoms with Crippen molar-refractivity contribution in [1.29, 1.82) is 0 Å². The van der Waals surface area contributed by atoms with Crippen LogP contribution in [0.1, 0.15) is 43.7 Å². The summed E-state index contributed by atoms with van der Waals surface area (Å²) in [4.78, 5) is 11.9. The number of hydrogen-bond donors (Lipinski definition) is 3. The van der Waals surface area contributed by atoms with Crippen LogP contribution in [0.15, 0.2) is 42.5 Å². The third-order valence-electron chi connectivity index (χ3n) is 6.34. The highest BCUT2D eigenvalue weighted by molar-refractivity contribution is 7.91. The van der Waals surface area contributed by atoms with E-state index in [2.05, 4.69) is 25.1 Å². The summed E-state index contributed by atoms with van der Waals surface area (Å²) in [5.41, 5.74) is 11.5. The van der Waals surface area contributed by atoms with Gasteiger partial charge in [0, 0.05) is 19.6 Å². The fourth-order valence-corrected chi connectivity index (χ4v) is 5.82. The lowest BCUT2D eigenvalue weighted by molar-refractivity contribution is -0.131. The number of ether oxygens (including phenoxy) is 1. The molecular formula is C24H34ClN3O5S. The largest absolute Gasteiger partial charge is 0.492 e. The van der Waals surface area contributed by atoms with Gasteiger partial charge < -0.3 is 10.5 Å². The van der Waals surface area contributed by atoms with E-state index in [0.29, 0.717) is 39.1 Å². The first-order valence-electron chi connectivity index (χ1n) is 11.1. The smallest absolute Gasteiger partial charge is 0.265 e. The summed E-state index contributed by atoms with van der Waals surface area (Å²) in [6, 6.07) is 14.3. The van der Waals surface area contributed by atoms with E-state index in [1.165, 1.54) is 29.2 Å². The molecule has 3 rings (SSSR count). The number of carbonyl (C=O) groups excluding carboxylic acids is 1. The molecule has 1 amide bonds. The van der Waals surface area contributed by atoms with E-state index in [0.717, 1.165) is 22.4 Å².